The van der Waals surface area contributed by atoms with Crippen LogP contribution in [0.5, 0.6) is 0 Å². The van der Waals surface area contributed by atoms with Crippen molar-refractivity contribution < 1.29 is 82.5 Å². The minimum atomic E-state index is -0.157. The number of allylic oxidation sites excluding steroid dienone is 1. The number of rotatable bonds is 0. The van der Waals surface area contributed by atoms with Gasteiger partial charge in [0.15, 0.2) is 0 Å². The fourth-order valence-electron chi connectivity index (χ4n) is 6.70. The summed E-state index contributed by atoms with van der Waals surface area (Å²) in [4.78, 5) is 3.00. The molecule has 6 atom stereocenters. The smallest absolute Gasteiger partial charge is 0.529 e. The third-order valence-corrected chi connectivity index (χ3v) is 7.87. The van der Waals surface area contributed by atoms with Gasteiger partial charge in [-0.2, -0.15) is 0 Å². The van der Waals surface area contributed by atoms with Gasteiger partial charge in [0.2, 0.25) is 0 Å². The van der Waals surface area contributed by atoms with Gasteiger partial charge in [-0.15, -0.1) is 0 Å². The van der Waals surface area contributed by atoms with E-state index in [1.54, 1.807) is 5.57 Å². The summed E-state index contributed by atoms with van der Waals surface area (Å²) in [6.45, 7) is 5.11. The molecule has 0 amide bonds. The zero-order chi connectivity index (χ0) is 16.7. The summed E-state index contributed by atoms with van der Waals surface area (Å²) in [5, 5.41) is 9.97. The number of fused-ring (bicyclic) bond motifs is 5. The summed E-state index contributed by atoms with van der Waals surface area (Å²) in [5.74, 6) is 12.4. The first-order valence-corrected chi connectivity index (χ1v) is 9.36. The van der Waals surface area contributed by atoms with E-state index in [4.69, 9.17) is 5.90 Å². The molecule has 0 aromatic heterocycles. The van der Waals surface area contributed by atoms with Crippen molar-refractivity contribution in [2.75, 3.05) is 0 Å². The van der Waals surface area contributed by atoms with Crippen LogP contribution in [0.15, 0.2) is 11.6 Å². The van der Waals surface area contributed by atoms with Crippen LogP contribution in [0, 0.1) is 28.6 Å². The Morgan fingerprint density at radius 3 is 2.48 bits per heavy atom. The molecule has 4 aliphatic rings. The Balaban J connectivity index is 0.000000586. The van der Waals surface area contributed by atoms with Crippen molar-refractivity contribution >= 4 is 0 Å². The van der Waals surface area contributed by atoms with Crippen molar-refractivity contribution in [3.8, 4) is 0 Å². The van der Waals surface area contributed by atoms with E-state index in [0.29, 0.717) is 10.8 Å². The van der Waals surface area contributed by atoms with Gasteiger partial charge in [-0.1, -0.05) is 31.9 Å². The summed E-state index contributed by atoms with van der Waals surface area (Å²) in [6, 6.07) is 0. The van der Waals surface area contributed by atoms with Gasteiger partial charge in [-0.3, -0.25) is 0 Å². The molecule has 4 rings (SSSR count). The average molecular weight is 544 g/mol. The summed E-state index contributed by atoms with van der Waals surface area (Å²) in [6.07, 6.45) is 14.3. The number of nitrogens with one attached hydrogen (secondary N) is 1. The summed E-state index contributed by atoms with van der Waals surface area (Å²) in [7, 11) is 0. The molecule has 4 N–H and O–H groups in total. The van der Waals surface area contributed by atoms with Gasteiger partial charge in [0.05, 0.1) is 6.10 Å². The molecule has 0 aromatic rings. The van der Waals surface area contributed by atoms with E-state index in [1.165, 1.54) is 51.4 Å². The molecule has 138 valence electrons. The molecular weight excluding hydrogens is 511 g/mol. The maximum atomic E-state index is 9.97. The van der Waals surface area contributed by atoms with Crippen LogP contribution in [-0.2, 0) is 26.0 Å². The quantitative estimate of drug-likeness (QED) is 0.276. The van der Waals surface area contributed by atoms with Crippen molar-refractivity contribution in [3.05, 3.63) is 17.5 Å². The van der Waals surface area contributed by atoms with Gasteiger partial charge < -0.3 is 15.9 Å². The van der Waals surface area contributed by atoms with Gasteiger partial charge in [-0.25, -0.2) is 5.90 Å². The van der Waals surface area contributed by atoms with E-state index in [1.807, 2.05) is 0 Å². The number of hydrogen-bond donors (Lipinski definition) is 2. The van der Waals surface area contributed by atoms with Crippen LogP contribution in [-0.4, -0.2) is 11.2 Å². The Morgan fingerprint density at radius 2 is 1.80 bits per heavy atom. The normalized spacial score (nSPS) is 44.4. The van der Waals surface area contributed by atoms with Gasteiger partial charge in [0.1, 0.15) is 0 Å². The van der Waals surface area contributed by atoms with E-state index in [0.717, 1.165) is 24.2 Å². The second kappa shape index (κ2) is 10.1. The second-order valence-electron chi connectivity index (χ2n) is 8.83. The van der Waals surface area contributed by atoms with Crippen molar-refractivity contribution in [1.29, 1.82) is 0 Å². The molecule has 4 aliphatic carbocycles. The third-order valence-electron chi connectivity index (χ3n) is 7.87. The molecular formula is C19H33KN2O2W. The summed E-state index contributed by atoms with van der Waals surface area (Å²) in [5.41, 5.74) is 2.71. The summed E-state index contributed by atoms with van der Waals surface area (Å²) >= 11 is 0. The minimum absolute atomic E-state index is 0. The average Bonchev–Trinajstić information content (AvgIpc) is 2.90. The minimum Gasteiger partial charge on any atom is -0.529 e. The molecule has 0 radical (unpaired) electrons. The molecule has 0 heterocycles. The molecule has 0 bridgehead atoms. The number of aliphatic hydroxyl groups is 1. The molecule has 0 spiro atoms. The fraction of sp³-hybridized carbons (Fsp3) is 0.895. The first-order chi connectivity index (χ1) is 10.9. The van der Waals surface area contributed by atoms with Gasteiger partial charge in [0.25, 0.3) is 0 Å². The van der Waals surface area contributed by atoms with E-state index >= 15 is 0 Å². The Hall–Kier alpha value is 1.90. The zero-order valence-electron chi connectivity index (χ0n) is 16.1. The Kier molecular flexibility index (Phi) is 10.1. The molecule has 3 saturated carbocycles. The van der Waals surface area contributed by atoms with Crippen LogP contribution < -0.4 is 57.3 Å². The zero-order valence-corrected chi connectivity index (χ0v) is 22.1. The molecule has 0 aliphatic heterocycles. The van der Waals surface area contributed by atoms with Crippen LogP contribution in [0.25, 0.3) is 5.90 Å². The third kappa shape index (κ3) is 4.74. The molecule has 25 heavy (non-hydrogen) atoms. The molecule has 0 saturated heterocycles. The van der Waals surface area contributed by atoms with Crippen LogP contribution in [0.3, 0.4) is 0 Å². The van der Waals surface area contributed by atoms with Crippen molar-refractivity contribution in [1.82, 2.24) is 0 Å². The van der Waals surface area contributed by atoms with Gasteiger partial charge >= 0.3 is 51.4 Å². The molecule has 0 aromatic carbocycles. The van der Waals surface area contributed by atoms with E-state index in [2.05, 4.69) is 30.8 Å². The first-order valence-electron chi connectivity index (χ1n) is 9.36. The van der Waals surface area contributed by atoms with E-state index in [-0.39, 0.29) is 78.6 Å². The Morgan fingerprint density at radius 1 is 1.12 bits per heavy atom. The number of aliphatic hydroxyl groups excluding tert-OH is 1. The number of hydrogen-bond acceptors (Lipinski definition) is 3. The fourth-order valence-corrected chi connectivity index (χ4v) is 6.70. The summed E-state index contributed by atoms with van der Waals surface area (Å²) < 4.78 is 0. The predicted molar refractivity (Wildman–Crippen MR) is 91.9 cm³/mol. The Bertz CT molecular complexity index is 478. The maximum absolute atomic E-state index is 9.97. The first kappa shape index (κ1) is 24.9. The largest absolute Gasteiger partial charge is 1.00 e. The number of nitrogens with two attached hydrogens (primary N) is 1. The molecule has 3 fully saturated rings. The van der Waals surface area contributed by atoms with Crippen LogP contribution >= 0.6 is 0 Å². The Labute approximate surface area is 209 Å². The second-order valence-corrected chi connectivity index (χ2v) is 8.83. The maximum Gasteiger partial charge on any atom is 1.00 e. The molecule has 3 unspecified atom stereocenters. The molecule has 6 heteroatoms. The van der Waals surface area contributed by atoms with Crippen LogP contribution in [0.1, 0.15) is 71.6 Å². The van der Waals surface area contributed by atoms with Crippen LogP contribution in [0.4, 0.5) is 0 Å². The standard InChI is InChI=1S/C19H30O.K.H3N2O.W/c1-18-9-3-4-16(18)15-6-5-13-12-14(20)7-11-19(13,2)17(15)8-10-18;;1-3-2;/h12,14-17,20H,3-11H2,1-2H3;;1H,2H2;/q;+1;-1;/t14-,15?,16?,17?,18-,19-;;;/m0.../s1. The topological polar surface area (TPSA) is 79.3 Å². The van der Waals surface area contributed by atoms with Crippen molar-refractivity contribution in [2.24, 2.45) is 34.5 Å². The van der Waals surface area contributed by atoms with Gasteiger partial charge in [-0.05, 0) is 80.0 Å². The van der Waals surface area contributed by atoms with E-state index in [9.17, 15) is 5.11 Å². The van der Waals surface area contributed by atoms with Crippen LogP contribution in [0.2, 0.25) is 0 Å². The van der Waals surface area contributed by atoms with Gasteiger partial charge in [0, 0.05) is 21.1 Å². The predicted octanol–water partition coefficient (Wildman–Crippen LogP) is 1.55. The SMILES string of the molecule is C[C@@]12CCCC1C1CCC3=C[C@@H](O)CC[C@]3(C)C1CC2.[K+].[NH-]ON.[W]. The molecule has 4 nitrogen and oxygen atoms in total. The van der Waals surface area contributed by atoms with Crippen molar-refractivity contribution in [3.63, 3.8) is 0 Å². The van der Waals surface area contributed by atoms with Crippen molar-refractivity contribution in [2.45, 2.75) is 77.7 Å². The van der Waals surface area contributed by atoms with E-state index < -0.39 is 0 Å². The monoisotopic (exact) mass is 544 g/mol.